The molecule has 5 nitrogen and oxygen atoms in total. The van der Waals surface area contributed by atoms with E-state index in [2.05, 4.69) is 9.97 Å². The van der Waals surface area contributed by atoms with Gasteiger partial charge in [0.15, 0.2) is 5.16 Å². The normalized spacial score (nSPS) is 11.0. The first-order valence-corrected chi connectivity index (χ1v) is 9.18. The Morgan fingerprint density at radius 1 is 1.00 bits per heavy atom. The molecule has 6 heteroatoms. The number of para-hydroxylation sites is 1. The average Bonchev–Trinajstić information content (AvgIpc) is 2.68. The van der Waals surface area contributed by atoms with E-state index in [1.165, 1.54) is 11.8 Å². The SMILES string of the molecule is Cc1ccc(-n2c(SCc3ccccn3)nc3ccccc3c2=O)nc1. The molecule has 3 heterocycles. The zero-order chi connectivity index (χ0) is 17.9. The summed E-state index contributed by atoms with van der Waals surface area (Å²) in [7, 11) is 0. The maximum absolute atomic E-state index is 13.1. The Labute approximate surface area is 154 Å². The third-order valence-corrected chi connectivity index (χ3v) is 4.92. The Kier molecular flexibility index (Phi) is 4.50. The van der Waals surface area contributed by atoms with E-state index in [0.29, 0.717) is 27.6 Å². The van der Waals surface area contributed by atoms with E-state index >= 15 is 0 Å². The van der Waals surface area contributed by atoms with Crippen LogP contribution in [0.1, 0.15) is 11.3 Å². The number of hydrogen-bond acceptors (Lipinski definition) is 5. The van der Waals surface area contributed by atoms with Gasteiger partial charge < -0.3 is 0 Å². The van der Waals surface area contributed by atoms with Crippen LogP contribution in [0.15, 0.2) is 76.9 Å². The average molecular weight is 360 g/mol. The van der Waals surface area contributed by atoms with E-state index in [9.17, 15) is 4.79 Å². The molecule has 0 bridgehead atoms. The highest BCUT2D eigenvalue weighted by atomic mass is 32.2. The van der Waals surface area contributed by atoms with Crippen LogP contribution in [-0.4, -0.2) is 19.5 Å². The first-order valence-electron chi connectivity index (χ1n) is 8.20. The Morgan fingerprint density at radius 2 is 1.85 bits per heavy atom. The molecule has 128 valence electrons. The standard InChI is InChI=1S/C20H16N4OS/c1-14-9-10-18(22-12-14)24-19(25)16-7-2-3-8-17(16)23-20(24)26-13-15-6-4-5-11-21-15/h2-12H,13H2,1H3. The van der Waals surface area contributed by atoms with Gasteiger partial charge in [0.05, 0.1) is 16.6 Å². The Morgan fingerprint density at radius 3 is 2.62 bits per heavy atom. The molecule has 0 aliphatic rings. The topological polar surface area (TPSA) is 60.7 Å². The van der Waals surface area contributed by atoms with Crippen LogP contribution in [-0.2, 0) is 5.75 Å². The van der Waals surface area contributed by atoms with Crippen LogP contribution >= 0.6 is 11.8 Å². The molecule has 0 N–H and O–H groups in total. The number of aryl methyl sites for hydroxylation is 1. The molecule has 0 aliphatic carbocycles. The summed E-state index contributed by atoms with van der Waals surface area (Å²) >= 11 is 1.48. The molecule has 0 amide bonds. The van der Waals surface area contributed by atoms with Gasteiger partial charge in [0.1, 0.15) is 5.82 Å². The highest BCUT2D eigenvalue weighted by Crippen LogP contribution is 2.23. The highest BCUT2D eigenvalue weighted by molar-refractivity contribution is 7.98. The third-order valence-electron chi connectivity index (χ3n) is 3.95. The summed E-state index contributed by atoms with van der Waals surface area (Å²) in [4.78, 5) is 26.6. The molecule has 1 aromatic carbocycles. The number of fused-ring (bicyclic) bond motifs is 1. The van der Waals surface area contributed by atoms with Crippen molar-refractivity contribution in [1.82, 2.24) is 19.5 Å². The van der Waals surface area contributed by atoms with E-state index in [1.54, 1.807) is 23.0 Å². The molecule has 0 unspecified atom stereocenters. The van der Waals surface area contributed by atoms with Crippen molar-refractivity contribution in [2.24, 2.45) is 0 Å². The fourth-order valence-corrected chi connectivity index (χ4v) is 3.54. The van der Waals surface area contributed by atoms with E-state index in [1.807, 2.05) is 55.5 Å². The molecule has 26 heavy (non-hydrogen) atoms. The zero-order valence-electron chi connectivity index (χ0n) is 14.2. The van der Waals surface area contributed by atoms with Gasteiger partial charge in [-0.05, 0) is 42.8 Å². The predicted molar refractivity (Wildman–Crippen MR) is 104 cm³/mol. The molecule has 0 saturated heterocycles. The lowest BCUT2D eigenvalue weighted by atomic mass is 10.2. The molecule has 0 saturated carbocycles. The van der Waals surface area contributed by atoms with Crippen LogP contribution in [0, 0.1) is 6.92 Å². The lowest BCUT2D eigenvalue weighted by molar-refractivity contribution is 0.794. The van der Waals surface area contributed by atoms with Crippen LogP contribution < -0.4 is 5.56 Å². The first kappa shape index (κ1) is 16.5. The van der Waals surface area contributed by atoms with Crippen LogP contribution in [0.3, 0.4) is 0 Å². The second-order valence-electron chi connectivity index (χ2n) is 5.86. The molecule has 0 atom stereocenters. The van der Waals surface area contributed by atoms with Crippen molar-refractivity contribution in [3.63, 3.8) is 0 Å². The number of thioether (sulfide) groups is 1. The molecular formula is C20H16N4OS. The van der Waals surface area contributed by atoms with E-state index in [0.717, 1.165) is 11.3 Å². The minimum atomic E-state index is -0.115. The summed E-state index contributed by atoms with van der Waals surface area (Å²) in [5.74, 6) is 1.19. The van der Waals surface area contributed by atoms with Gasteiger partial charge in [0.2, 0.25) is 0 Å². The Bertz CT molecular complexity index is 1110. The largest absolute Gasteiger partial charge is 0.268 e. The number of nitrogens with zero attached hydrogens (tertiary/aromatic N) is 4. The van der Waals surface area contributed by atoms with Crippen LogP contribution in [0.2, 0.25) is 0 Å². The first-order chi connectivity index (χ1) is 12.7. The molecule has 4 rings (SSSR count). The fraction of sp³-hybridized carbons (Fsp3) is 0.100. The third kappa shape index (κ3) is 3.23. The summed E-state index contributed by atoms with van der Waals surface area (Å²) in [6.07, 6.45) is 3.52. The van der Waals surface area contributed by atoms with Crippen molar-refractivity contribution in [2.75, 3.05) is 0 Å². The van der Waals surface area contributed by atoms with Crippen LogP contribution in [0.5, 0.6) is 0 Å². The van der Waals surface area contributed by atoms with Crippen molar-refractivity contribution >= 4 is 22.7 Å². The van der Waals surface area contributed by atoms with Gasteiger partial charge in [0.25, 0.3) is 5.56 Å². The number of pyridine rings is 2. The van der Waals surface area contributed by atoms with E-state index < -0.39 is 0 Å². The summed E-state index contributed by atoms with van der Waals surface area (Å²) in [5.41, 5.74) is 2.54. The second-order valence-corrected chi connectivity index (χ2v) is 6.80. The second kappa shape index (κ2) is 7.09. The van der Waals surface area contributed by atoms with Crippen LogP contribution in [0.25, 0.3) is 16.7 Å². The molecule has 0 radical (unpaired) electrons. The summed E-state index contributed by atoms with van der Waals surface area (Å²) < 4.78 is 1.58. The highest BCUT2D eigenvalue weighted by Gasteiger charge is 2.14. The summed E-state index contributed by atoms with van der Waals surface area (Å²) in [6, 6.07) is 17.0. The monoisotopic (exact) mass is 360 g/mol. The zero-order valence-corrected chi connectivity index (χ0v) is 15.0. The predicted octanol–water partition coefficient (Wildman–Crippen LogP) is 3.78. The van der Waals surface area contributed by atoms with Gasteiger partial charge in [0, 0.05) is 18.1 Å². The number of aromatic nitrogens is 4. The lowest BCUT2D eigenvalue weighted by Gasteiger charge is -2.12. The van der Waals surface area contributed by atoms with Gasteiger partial charge >= 0.3 is 0 Å². The number of benzene rings is 1. The minimum absolute atomic E-state index is 0.115. The van der Waals surface area contributed by atoms with Crippen molar-refractivity contribution < 1.29 is 0 Å². The Balaban J connectivity index is 1.85. The summed E-state index contributed by atoms with van der Waals surface area (Å²) in [6.45, 7) is 1.97. The summed E-state index contributed by atoms with van der Waals surface area (Å²) in [5, 5.41) is 1.19. The fourth-order valence-electron chi connectivity index (χ4n) is 2.63. The molecular weight excluding hydrogens is 344 g/mol. The molecule has 0 fully saturated rings. The van der Waals surface area contributed by atoms with Crippen molar-refractivity contribution in [3.05, 3.63) is 88.6 Å². The molecule has 0 aliphatic heterocycles. The van der Waals surface area contributed by atoms with Crippen LogP contribution in [0.4, 0.5) is 0 Å². The van der Waals surface area contributed by atoms with Gasteiger partial charge in [-0.3, -0.25) is 9.78 Å². The smallest absolute Gasteiger partial charge is 0.267 e. The van der Waals surface area contributed by atoms with Gasteiger partial charge in [-0.1, -0.05) is 36.0 Å². The quantitative estimate of drug-likeness (QED) is 0.409. The number of hydrogen-bond donors (Lipinski definition) is 0. The maximum Gasteiger partial charge on any atom is 0.267 e. The van der Waals surface area contributed by atoms with E-state index in [-0.39, 0.29) is 5.56 Å². The van der Waals surface area contributed by atoms with Crippen molar-refractivity contribution in [2.45, 2.75) is 17.8 Å². The van der Waals surface area contributed by atoms with Gasteiger partial charge in [-0.15, -0.1) is 0 Å². The molecule has 4 aromatic rings. The Hall–Kier alpha value is -2.99. The molecule has 0 spiro atoms. The number of rotatable bonds is 4. The maximum atomic E-state index is 13.1. The van der Waals surface area contributed by atoms with Crippen molar-refractivity contribution in [3.8, 4) is 5.82 Å². The van der Waals surface area contributed by atoms with E-state index in [4.69, 9.17) is 4.98 Å². The molecule has 3 aromatic heterocycles. The van der Waals surface area contributed by atoms with Crippen molar-refractivity contribution in [1.29, 1.82) is 0 Å². The van der Waals surface area contributed by atoms with Gasteiger partial charge in [-0.2, -0.15) is 0 Å². The van der Waals surface area contributed by atoms with Gasteiger partial charge in [-0.25, -0.2) is 14.5 Å². The lowest BCUT2D eigenvalue weighted by Crippen LogP contribution is -2.22. The minimum Gasteiger partial charge on any atom is -0.268 e.